The number of aryl methyl sites for hydroxylation is 1. The van der Waals surface area contributed by atoms with E-state index in [0.29, 0.717) is 17.9 Å². The van der Waals surface area contributed by atoms with Gasteiger partial charge in [-0.1, -0.05) is 13.0 Å². The zero-order valence-corrected chi connectivity index (χ0v) is 17.4. The van der Waals surface area contributed by atoms with Gasteiger partial charge in [0.2, 0.25) is 0 Å². The summed E-state index contributed by atoms with van der Waals surface area (Å²) in [4.78, 5) is 15.8. The first kappa shape index (κ1) is 19.4. The summed E-state index contributed by atoms with van der Waals surface area (Å²) in [6.07, 6.45) is 9.10. The Bertz CT molecular complexity index is 994. The Morgan fingerprint density at radius 1 is 1.17 bits per heavy atom. The van der Waals surface area contributed by atoms with Crippen LogP contribution in [0.2, 0.25) is 0 Å². The first-order valence-corrected chi connectivity index (χ1v) is 10.4. The molecule has 0 unspecified atom stereocenters. The first-order valence-electron chi connectivity index (χ1n) is 10.4. The maximum Gasteiger partial charge on any atom is 0.336 e. The lowest BCUT2D eigenvalue weighted by molar-refractivity contribution is 0.196. The molecule has 3 aromatic heterocycles. The van der Waals surface area contributed by atoms with Gasteiger partial charge in [0, 0.05) is 25.7 Å². The van der Waals surface area contributed by atoms with E-state index < -0.39 is 0 Å². The smallest absolute Gasteiger partial charge is 0.336 e. The maximum atomic E-state index is 6.08. The van der Waals surface area contributed by atoms with E-state index in [1.807, 2.05) is 13.1 Å². The van der Waals surface area contributed by atoms with Crippen molar-refractivity contribution in [3.05, 3.63) is 35.3 Å². The number of piperidine rings is 1. The Kier molecular flexibility index (Phi) is 5.51. The Morgan fingerprint density at radius 3 is 2.69 bits per heavy atom. The fourth-order valence-corrected chi connectivity index (χ4v) is 3.73. The Labute approximate surface area is 171 Å². The van der Waals surface area contributed by atoms with Crippen molar-refractivity contribution < 1.29 is 4.74 Å². The molecule has 1 aliphatic heterocycles. The summed E-state index contributed by atoms with van der Waals surface area (Å²) in [6, 6.07) is 2.48. The van der Waals surface area contributed by atoms with Crippen LogP contribution in [-0.2, 0) is 6.42 Å². The number of nitrogens with two attached hydrogens (primary N) is 1. The summed E-state index contributed by atoms with van der Waals surface area (Å²) in [7, 11) is 0. The number of aromatic nitrogens is 5. The quantitative estimate of drug-likeness (QED) is 0.685. The van der Waals surface area contributed by atoms with Crippen LogP contribution in [0.5, 0.6) is 6.01 Å². The van der Waals surface area contributed by atoms with Crippen molar-refractivity contribution in [1.82, 2.24) is 24.6 Å². The number of nitrogens with zero attached hydrogens (tertiary/aromatic N) is 6. The highest BCUT2D eigenvalue weighted by Crippen LogP contribution is 2.23. The zero-order valence-electron chi connectivity index (χ0n) is 17.4. The van der Waals surface area contributed by atoms with E-state index >= 15 is 0 Å². The summed E-state index contributed by atoms with van der Waals surface area (Å²) in [5.41, 5.74) is 9.87. The summed E-state index contributed by atoms with van der Waals surface area (Å²) in [5, 5.41) is 4.51. The Hall–Kier alpha value is -2.90. The normalized spacial score (nSPS) is 15.6. The molecule has 2 N–H and O–H groups in total. The van der Waals surface area contributed by atoms with E-state index in [0.717, 1.165) is 36.6 Å². The molecule has 0 aromatic carbocycles. The van der Waals surface area contributed by atoms with Crippen LogP contribution in [0.25, 0.3) is 5.65 Å². The highest BCUT2D eigenvalue weighted by atomic mass is 16.5. The maximum absolute atomic E-state index is 6.08. The predicted molar refractivity (Wildman–Crippen MR) is 113 cm³/mol. The van der Waals surface area contributed by atoms with Crippen molar-refractivity contribution in [2.24, 2.45) is 0 Å². The van der Waals surface area contributed by atoms with Crippen LogP contribution in [0.4, 0.5) is 11.6 Å². The first-order chi connectivity index (χ1) is 14.0. The number of pyridine rings is 1. The second kappa shape index (κ2) is 8.23. The third kappa shape index (κ3) is 4.11. The topological polar surface area (TPSA) is 94.5 Å². The van der Waals surface area contributed by atoms with Crippen LogP contribution in [0, 0.1) is 6.92 Å². The fraction of sp³-hybridized carbons (Fsp3) is 0.524. The average Bonchev–Trinajstić information content (AvgIpc) is 3.12. The molecule has 3 aromatic rings. The molecule has 1 saturated heterocycles. The highest BCUT2D eigenvalue weighted by molar-refractivity contribution is 5.60. The second-order valence-electron chi connectivity index (χ2n) is 7.81. The molecule has 154 valence electrons. The molecule has 0 bridgehead atoms. The second-order valence-corrected chi connectivity index (χ2v) is 7.81. The minimum atomic E-state index is 0.0213. The number of hydrogen-bond donors (Lipinski definition) is 1. The van der Waals surface area contributed by atoms with Gasteiger partial charge in [-0.15, -0.1) is 5.10 Å². The van der Waals surface area contributed by atoms with E-state index in [2.05, 4.69) is 39.9 Å². The number of ether oxygens (including phenoxy) is 1. The van der Waals surface area contributed by atoms with Crippen LogP contribution in [-0.4, -0.2) is 43.8 Å². The summed E-state index contributed by atoms with van der Waals surface area (Å²) in [6.45, 7) is 8.35. The van der Waals surface area contributed by atoms with Gasteiger partial charge >= 0.3 is 6.01 Å². The molecule has 8 heteroatoms. The lowest BCUT2D eigenvalue weighted by Crippen LogP contribution is -2.30. The van der Waals surface area contributed by atoms with E-state index in [4.69, 9.17) is 15.5 Å². The van der Waals surface area contributed by atoms with Gasteiger partial charge in [0.15, 0.2) is 11.5 Å². The van der Waals surface area contributed by atoms with Gasteiger partial charge in [-0.05, 0) is 50.7 Å². The van der Waals surface area contributed by atoms with Crippen LogP contribution < -0.4 is 15.4 Å². The lowest BCUT2D eigenvalue weighted by Gasteiger charge is -2.29. The fourth-order valence-electron chi connectivity index (χ4n) is 3.73. The standard InChI is InChI=1S/C21H29N7O/c1-4-15(3)29-21-25-18(22)20-24-13-17(28(20)26-21)11-16-10-14(2)19(23-12-16)27-8-6-5-7-9-27/h10,12-13,15H,4-9,11H2,1-3H3,(H2,22,25,26)/t15-/m0/s1. The molecule has 4 rings (SSSR count). The molecule has 0 amide bonds. The van der Waals surface area contributed by atoms with Gasteiger partial charge in [0.05, 0.1) is 18.0 Å². The van der Waals surface area contributed by atoms with Gasteiger partial charge in [-0.2, -0.15) is 4.98 Å². The molecule has 0 saturated carbocycles. The van der Waals surface area contributed by atoms with Crippen molar-refractivity contribution in [1.29, 1.82) is 0 Å². The number of fused-ring (bicyclic) bond motifs is 1. The van der Waals surface area contributed by atoms with E-state index in [-0.39, 0.29) is 12.1 Å². The number of hydrogen-bond acceptors (Lipinski definition) is 7. The minimum Gasteiger partial charge on any atom is -0.459 e. The van der Waals surface area contributed by atoms with Gasteiger partial charge in [0.1, 0.15) is 5.82 Å². The average molecular weight is 396 g/mol. The van der Waals surface area contributed by atoms with Crippen LogP contribution in [0.15, 0.2) is 18.5 Å². The Morgan fingerprint density at radius 2 is 1.97 bits per heavy atom. The molecule has 4 heterocycles. The number of anilines is 2. The van der Waals surface area contributed by atoms with Crippen LogP contribution >= 0.6 is 0 Å². The number of rotatable bonds is 6. The summed E-state index contributed by atoms with van der Waals surface area (Å²) < 4.78 is 7.49. The number of imidazole rings is 1. The van der Waals surface area contributed by atoms with E-state index in [1.54, 1.807) is 10.7 Å². The summed E-state index contributed by atoms with van der Waals surface area (Å²) in [5.74, 6) is 1.42. The van der Waals surface area contributed by atoms with Crippen LogP contribution in [0.1, 0.15) is 56.4 Å². The third-order valence-electron chi connectivity index (χ3n) is 5.47. The molecule has 1 aliphatic rings. The zero-order chi connectivity index (χ0) is 20.4. The minimum absolute atomic E-state index is 0.0213. The predicted octanol–water partition coefficient (Wildman–Crippen LogP) is 3.17. The van der Waals surface area contributed by atoms with Gasteiger partial charge in [-0.3, -0.25) is 0 Å². The largest absolute Gasteiger partial charge is 0.459 e. The monoisotopic (exact) mass is 395 g/mol. The molecule has 1 atom stereocenters. The van der Waals surface area contributed by atoms with Crippen molar-refractivity contribution >= 4 is 17.3 Å². The third-order valence-corrected chi connectivity index (χ3v) is 5.47. The molecular weight excluding hydrogens is 366 g/mol. The van der Waals surface area contributed by atoms with Gasteiger partial charge < -0.3 is 15.4 Å². The molecule has 0 spiro atoms. The van der Waals surface area contributed by atoms with Crippen molar-refractivity contribution in [2.75, 3.05) is 23.7 Å². The van der Waals surface area contributed by atoms with Crippen molar-refractivity contribution in [3.63, 3.8) is 0 Å². The Balaban J connectivity index is 1.59. The molecule has 8 nitrogen and oxygen atoms in total. The highest BCUT2D eigenvalue weighted by Gasteiger charge is 2.16. The van der Waals surface area contributed by atoms with Gasteiger partial charge in [0.25, 0.3) is 0 Å². The van der Waals surface area contributed by atoms with Crippen molar-refractivity contribution in [3.8, 4) is 6.01 Å². The lowest BCUT2D eigenvalue weighted by atomic mass is 10.1. The number of nitrogen functional groups attached to an aromatic ring is 1. The molecule has 0 radical (unpaired) electrons. The van der Waals surface area contributed by atoms with E-state index in [9.17, 15) is 0 Å². The SMILES string of the molecule is CC[C@H](C)Oc1nc(N)c2ncc(Cc3cnc(N4CCCCC4)c(C)c3)n2n1. The van der Waals surface area contributed by atoms with Gasteiger partial charge in [-0.25, -0.2) is 14.5 Å². The molecule has 29 heavy (non-hydrogen) atoms. The molecular formula is C21H29N7O. The van der Waals surface area contributed by atoms with Crippen molar-refractivity contribution in [2.45, 2.75) is 59.0 Å². The van der Waals surface area contributed by atoms with Crippen LogP contribution in [0.3, 0.4) is 0 Å². The molecule has 0 aliphatic carbocycles. The molecule has 1 fully saturated rings. The van der Waals surface area contributed by atoms with E-state index in [1.165, 1.54) is 24.8 Å². The summed E-state index contributed by atoms with van der Waals surface area (Å²) >= 11 is 0.